The van der Waals surface area contributed by atoms with Crippen LogP contribution in [0.4, 0.5) is 0 Å². The van der Waals surface area contributed by atoms with Crippen LogP contribution in [0.1, 0.15) is 50.9 Å². The number of halogens is 2. The largest absolute Gasteiger partial charge is 0.0838 e. The molecule has 2 rings (SSSR count). The van der Waals surface area contributed by atoms with E-state index in [-0.39, 0.29) is 0 Å². The molecule has 0 aliphatic rings. The van der Waals surface area contributed by atoms with Gasteiger partial charge < -0.3 is 0 Å². The number of hydrogen-bond donors (Lipinski definition) is 0. The van der Waals surface area contributed by atoms with Crippen LogP contribution in [0.5, 0.6) is 0 Å². The van der Waals surface area contributed by atoms with Crippen molar-refractivity contribution >= 4 is 38.3 Å². The average molecular weight is 368 g/mol. The molecule has 0 aliphatic carbocycles. The first-order valence-corrected chi connectivity index (χ1v) is 8.88. The zero-order valence-corrected chi connectivity index (χ0v) is 15.6. The van der Waals surface area contributed by atoms with E-state index in [9.17, 15) is 0 Å². The van der Waals surface area contributed by atoms with Gasteiger partial charge in [0, 0.05) is 15.2 Å². The normalized spacial score (nSPS) is 15.1. The number of benzene rings is 2. The molecule has 0 radical (unpaired) electrons. The van der Waals surface area contributed by atoms with E-state index in [0.29, 0.717) is 16.2 Å². The molecule has 114 valence electrons. The lowest BCUT2D eigenvalue weighted by atomic mass is 9.83. The van der Waals surface area contributed by atoms with Gasteiger partial charge in [-0.05, 0) is 41.2 Å². The van der Waals surface area contributed by atoms with Gasteiger partial charge in [-0.25, -0.2) is 0 Å². The zero-order chi connectivity index (χ0) is 15.6. The van der Waals surface area contributed by atoms with Gasteiger partial charge in [0.2, 0.25) is 0 Å². The number of hydrogen-bond acceptors (Lipinski definition) is 0. The summed E-state index contributed by atoms with van der Waals surface area (Å²) in [5.74, 6) is 0.684. The summed E-state index contributed by atoms with van der Waals surface area (Å²) in [6, 6.07) is 12.6. The zero-order valence-electron chi connectivity index (χ0n) is 13.3. The van der Waals surface area contributed by atoms with Gasteiger partial charge in [0.1, 0.15) is 0 Å². The molecule has 2 aromatic rings. The summed E-state index contributed by atoms with van der Waals surface area (Å²) in [6.45, 7) is 9.27. The van der Waals surface area contributed by atoms with E-state index >= 15 is 0 Å². The Balaban J connectivity index is 2.24. The van der Waals surface area contributed by atoms with Crippen molar-refractivity contribution in [3.05, 3.63) is 47.0 Å². The second-order valence-corrected chi connectivity index (χ2v) is 8.77. The molecule has 0 fully saturated rings. The lowest BCUT2D eigenvalue weighted by Gasteiger charge is -2.25. The fourth-order valence-corrected chi connectivity index (χ4v) is 4.43. The maximum atomic E-state index is 6.31. The Morgan fingerprint density at radius 3 is 2.29 bits per heavy atom. The van der Waals surface area contributed by atoms with Crippen LogP contribution >= 0.6 is 27.5 Å². The standard InChI is InChI=1S/C19H24BrCl/c1-13(12-19(2,3)4)11-17(20)15-9-10-18(21)16-8-6-5-7-14(15)16/h5-10,13,17H,11-12H2,1-4H3. The molecule has 0 aromatic heterocycles. The van der Waals surface area contributed by atoms with E-state index in [1.165, 1.54) is 17.4 Å². The van der Waals surface area contributed by atoms with Crippen molar-refractivity contribution in [3.63, 3.8) is 0 Å². The third-order valence-electron chi connectivity index (χ3n) is 3.81. The first-order chi connectivity index (χ1) is 9.78. The maximum Gasteiger partial charge on any atom is 0.0484 e. The SMILES string of the molecule is CC(CC(Br)c1ccc(Cl)c2ccccc12)CC(C)(C)C. The van der Waals surface area contributed by atoms with Crippen molar-refractivity contribution in [2.75, 3.05) is 0 Å². The predicted octanol–water partition coefficient (Wildman–Crippen LogP) is 7.39. The average Bonchev–Trinajstić information content (AvgIpc) is 2.37. The van der Waals surface area contributed by atoms with E-state index in [4.69, 9.17) is 11.6 Å². The topological polar surface area (TPSA) is 0 Å². The van der Waals surface area contributed by atoms with Gasteiger partial charge in [0.15, 0.2) is 0 Å². The Hall–Kier alpha value is -0.530. The summed E-state index contributed by atoms with van der Waals surface area (Å²) >= 11 is 10.2. The molecular formula is C19H24BrCl. The van der Waals surface area contributed by atoms with Crippen LogP contribution in [0.2, 0.25) is 5.02 Å². The van der Waals surface area contributed by atoms with Gasteiger partial charge in [-0.1, -0.05) is 85.6 Å². The summed E-state index contributed by atoms with van der Waals surface area (Å²) in [4.78, 5) is 0.372. The molecule has 0 heterocycles. The summed E-state index contributed by atoms with van der Waals surface area (Å²) in [5.41, 5.74) is 1.73. The molecule has 2 unspecified atom stereocenters. The minimum atomic E-state index is 0.372. The van der Waals surface area contributed by atoms with Gasteiger partial charge in [-0.15, -0.1) is 0 Å². The fraction of sp³-hybridized carbons (Fsp3) is 0.474. The molecular weight excluding hydrogens is 344 g/mol. The molecule has 21 heavy (non-hydrogen) atoms. The van der Waals surface area contributed by atoms with Crippen molar-refractivity contribution in [1.82, 2.24) is 0 Å². The molecule has 2 aromatic carbocycles. The summed E-state index contributed by atoms with van der Waals surface area (Å²) < 4.78 is 0. The maximum absolute atomic E-state index is 6.31. The smallest absolute Gasteiger partial charge is 0.0484 e. The Labute approximate surface area is 142 Å². The van der Waals surface area contributed by atoms with Gasteiger partial charge in [-0.3, -0.25) is 0 Å². The molecule has 2 heteroatoms. The van der Waals surface area contributed by atoms with Gasteiger partial charge in [-0.2, -0.15) is 0 Å². The van der Waals surface area contributed by atoms with Crippen LogP contribution in [0.15, 0.2) is 36.4 Å². The van der Waals surface area contributed by atoms with E-state index < -0.39 is 0 Å². The monoisotopic (exact) mass is 366 g/mol. The molecule has 0 aliphatic heterocycles. The van der Waals surface area contributed by atoms with Crippen molar-refractivity contribution in [1.29, 1.82) is 0 Å². The predicted molar refractivity (Wildman–Crippen MR) is 98.5 cm³/mol. The van der Waals surface area contributed by atoms with Crippen LogP contribution in [0.25, 0.3) is 10.8 Å². The fourth-order valence-electron chi connectivity index (χ4n) is 3.17. The first-order valence-electron chi connectivity index (χ1n) is 7.59. The highest BCUT2D eigenvalue weighted by Gasteiger charge is 2.20. The van der Waals surface area contributed by atoms with Crippen molar-refractivity contribution in [2.24, 2.45) is 11.3 Å². The van der Waals surface area contributed by atoms with E-state index in [0.717, 1.165) is 16.8 Å². The number of alkyl halides is 1. The molecule has 0 nitrogen and oxygen atoms in total. The molecule has 0 amide bonds. The number of fused-ring (bicyclic) bond motifs is 1. The van der Waals surface area contributed by atoms with E-state index in [2.05, 4.69) is 67.9 Å². The van der Waals surface area contributed by atoms with Crippen LogP contribution < -0.4 is 0 Å². The molecule has 0 N–H and O–H groups in total. The lowest BCUT2D eigenvalue weighted by molar-refractivity contribution is 0.297. The van der Waals surface area contributed by atoms with E-state index in [1.807, 2.05) is 12.1 Å². The molecule has 0 bridgehead atoms. The number of rotatable bonds is 4. The molecule has 0 saturated carbocycles. The second kappa shape index (κ2) is 6.71. The van der Waals surface area contributed by atoms with Crippen molar-refractivity contribution in [2.45, 2.75) is 45.4 Å². The van der Waals surface area contributed by atoms with Crippen LogP contribution in [-0.4, -0.2) is 0 Å². The third kappa shape index (κ3) is 4.47. The molecule has 0 spiro atoms. The van der Waals surface area contributed by atoms with Crippen molar-refractivity contribution in [3.8, 4) is 0 Å². The Morgan fingerprint density at radius 2 is 1.67 bits per heavy atom. The highest BCUT2D eigenvalue weighted by Crippen LogP contribution is 2.39. The highest BCUT2D eigenvalue weighted by molar-refractivity contribution is 9.09. The Morgan fingerprint density at radius 1 is 1.05 bits per heavy atom. The van der Waals surface area contributed by atoms with Gasteiger partial charge in [0.05, 0.1) is 0 Å². The summed E-state index contributed by atoms with van der Waals surface area (Å²) in [5, 5.41) is 3.23. The minimum Gasteiger partial charge on any atom is -0.0838 e. The first kappa shape index (κ1) is 16.8. The third-order valence-corrected chi connectivity index (χ3v) is 5.01. The van der Waals surface area contributed by atoms with Gasteiger partial charge >= 0.3 is 0 Å². The van der Waals surface area contributed by atoms with Gasteiger partial charge in [0.25, 0.3) is 0 Å². The minimum absolute atomic E-state index is 0.372. The van der Waals surface area contributed by atoms with Crippen LogP contribution in [0, 0.1) is 11.3 Å². The van der Waals surface area contributed by atoms with Crippen LogP contribution in [0.3, 0.4) is 0 Å². The molecule has 0 saturated heterocycles. The Bertz CT molecular complexity index is 612. The summed E-state index contributed by atoms with van der Waals surface area (Å²) in [6.07, 6.45) is 2.38. The molecule has 2 atom stereocenters. The second-order valence-electron chi connectivity index (χ2n) is 7.26. The Kier molecular flexibility index (Phi) is 5.38. The lowest BCUT2D eigenvalue weighted by Crippen LogP contribution is -2.12. The quantitative estimate of drug-likeness (QED) is 0.494. The van der Waals surface area contributed by atoms with Crippen molar-refractivity contribution < 1.29 is 0 Å². The van der Waals surface area contributed by atoms with E-state index in [1.54, 1.807) is 0 Å². The highest BCUT2D eigenvalue weighted by atomic mass is 79.9. The van der Waals surface area contributed by atoms with Crippen LogP contribution in [-0.2, 0) is 0 Å². The summed E-state index contributed by atoms with van der Waals surface area (Å²) in [7, 11) is 0.